The highest BCUT2D eigenvalue weighted by Gasteiger charge is 2.09. The average molecular weight is 253 g/mol. The third-order valence-electron chi connectivity index (χ3n) is 4.05. The van der Waals surface area contributed by atoms with Crippen molar-refractivity contribution in [2.45, 2.75) is 34.6 Å². The largest absolute Gasteiger partial charge is 0.344 e. The fourth-order valence-corrected chi connectivity index (χ4v) is 2.38. The molecule has 0 fully saturated rings. The molecule has 19 heavy (non-hydrogen) atoms. The molecule has 0 saturated carbocycles. The molecule has 1 nitrogen and oxygen atoms in total. The molecule has 0 aliphatic heterocycles. The van der Waals surface area contributed by atoms with Crippen LogP contribution in [0.4, 0.5) is 11.4 Å². The first kappa shape index (κ1) is 13.7. The van der Waals surface area contributed by atoms with Crippen LogP contribution in [-0.2, 0) is 0 Å². The fraction of sp³-hybridized carbons (Fsp3) is 0.333. The summed E-state index contributed by atoms with van der Waals surface area (Å²) in [6, 6.07) is 11.2. The third-order valence-corrected chi connectivity index (χ3v) is 4.05. The molecule has 0 unspecified atom stereocenters. The molecule has 100 valence electrons. The van der Waals surface area contributed by atoms with E-state index in [0.29, 0.717) is 0 Å². The lowest BCUT2D eigenvalue weighted by Gasteiger charge is -2.23. The number of hydrogen-bond donors (Lipinski definition) is 0. The lowest BCUT2D eigenvalue weighted by molar-refractivity contribution is 1.15. The molecule has 2 aromatic rings. The van der Waals surface area contributed by atoms with Crippen molar-refractivity contribution in [3.63, 3.8) is 0 Å². The lowest BCUT2D eigenvalue weighted by atomic mass is 10.0. The van der Waals surface area contributed by atoms with Crippen molar-refractivity contribution < 1.29 is 0 Å². The first-order valence-electron chi connectivity index (χ1n) is 6.79. The molecule has 0 aliphatic rings. The van der Waals surface area contributed by atoms with Gasteiger partial charge in [-0.1, -0.05) is 12.1 Å². The molecular formula is C18H23N. The maximum atomic E-state index is 2.28. The van der Waals surface area contributed by atoms with Crippen LogP contribution >= 0.6 is 0 Å². The second kappa shape index (κ2) is 5.08. The second-order valence-corrected chi connectivity index (χ2v) is 5.55. The number of rotatable bonds is 2. The van der Waals surface area contributed by atoms with Crippen molar-refractivity contribution in [1.29, 1.82) is 0 Å². The van der Waals surface area contributed by atoms with E-state index >= 15 is 0 Å². The smallest absolute Gasteiger partial charge is 0.0440 e. The Bertz CT molecular complexity index is 611. The maximum Gasteiger partial charge on any atom is 0.0440 e. The average Bonchev–Trinajstić information content (AvgIpc) is 2.36. The van der Waals surface area contributed by atoms with Gasteiger partial charge in [-0.25, -0.2) is 0 Å². The van der Waals surface area contributed by atoms with Crippen LogP contribution < -0.4 is 4.90 Å². The molecule has 0 spiro atoms. The van der Waals surface area contributed by atoms with E-state index in [1.807, 2.05) is 0 Å². The molecule has 0 aliphatic carbocycles. The van der Waals surface area contributed by atoms with E-state index in [2.05, 4.69) is 76.9 Å². The Morgan fingerprint density at radius 2 is 1.21 bits per heavy atom. The van der Waals surface area contributed by atoms with E-state index in [0.717, 1.165) is 0 Å². The van der Waals surface area contributed by atoms with E-state index in [4.69, 9.17) is 0 Å². The van der Waals surface area contributed by atoms with E-state index < -0.39 is 0 Å². The maximum absolute atomic E-state index is 2.28. The Kier molecular flexibility index (Phi) is 3.66. The highest BCUT2D eigenvalue weighted by molar-refractivity contribution is 5.67. The topological polar surface area (TPSA) is 3.24 Å². The van der Waals surface area contributed by atoms with Gasteiger partial charge in [-0.3, -0.25) is 0 Å². The minimum absolute atomic E-state index is 1.24. The van der Waals surface area contributed by atoms with Gasteiger partial charge in [0.05, 0.1) is 0 Å². The van der Waals surface area contributed by atoms with Gasteiger partial charge in [-0.05, 0) is 80.6 Å². The van der Waals surface area contributed by atoms with Crippen LogP contribution in [0.15, 0.2) is 30.3 Å². The van der Waals surface area contributed by atoms with Gasteiger partial charge < -0.3 is 4.90 Å². The first-order chi connectivity index (χ1) is 8.90. The predicted molar refractivity (Wildman–Crippen MR) is 84.6 cm³/mol. The SMILES string of the molecule is Cc1ccc(N(C)c2cc(C)c(C)cc2C)cc1C. The van der Waals surface area contributed by atoms with E-state index in [-0.39, 0.29) is 0 Å². The van der Waals surface area contributed by atoms with Gasteiger partial charge in [0.2, 0.25) is 0 Å². The van der Waals surface area contributed by atoms with Crippen LogP contribution in [0.5, 0.6) is 0 Å². The van der Waals surface area contributed by atoms with Gasteiger partial charge in [0.25, 0.3) is 0 Å². The van der Waals surface area contributed by atoms with Gasteiger partial charge in [0.1, 0.15) is 0 Å². The van der Waals surface area contributed by atoms with Gasteiger partial charge in [-0.15, -0.1) is 0 Å². The Morgan fingerprint density at radius 1 is 0.632 bits per heavy atom. The van der Waals surface area contributed by atoms with Crippen molar-refractivity contribution in [3.05, 3.63) is 58.1 Å². The summed E-state index contributed by atoms with van der Waals surface area (Å²) in [6.45, 7) is 10.8. The summed E-state index contributed by atoms with van der Waals surface area (Å²) in [4.78, 5) is 2.27. The molecule has 0 radical (unpaired) electrons. The number of nitrogens with zero attached hydrogens (tertiary/aromatic N) is 1. The number of aryl methyl sites for hydroxylation is 5. The number of benzene rings is 2. The van der Waals surface area contributed by atoms with Gasteiger partial charge in [0, 0.05) is 18.4 Å². The molecule has 0 saturated heterocycles. The normalized spacial score (nSPS) is 10.6. The van der Waals surface area contributed by atoms with Crippen molar-refractivity contribution in [3.8, 4) is 0 Å². The summed E-state index contributed by atoms with van der Waals surface area (Å²) in [5.74, 6) is 0. The number of hydrogen-bond acceptors (Lipinski definition) is 1. The third kappa shape index (κ3) is 2.65. The zero-order chi connectivity index (χ0) is 14.2. The zero-order valence-electron chi connectivity index (χ0n) is 12.8. The minimum atomic E-state index is 1.24. The Morgan fingerprint density at radius 3 is 1.84 bits per heavy atom. The molecule has 0 aromatic heterocycles. The fourth-order valence-electron chi connectivity index (χ4n) is 2.38. The van der Waals surface area contributed by atoms with Crippen LogP contribution in [0.25, 0.3) is 0 Å². The monoisotopic (exact) mass is 253 g/mol. The summed E-state index contributed by atoms with van der Waals surface area (Å²) in [5, 5.41) is 0. The zero-order valence-corrected chi connectivity index (χ0v) is 12.8. The summed E-state index contributed by atoms with van der Waals surface area (Å²) >= 11 is 0. The van der Waals surface area contributed by atoms with Gasteiger partial charge >= 0.3 is 0 Å². The molecule has 2 rings (SSSR count). The first-order valence-corrected chi connectivity index (χ1v) is 6.79. The van der Waals surface area contributed by atoms with Crippen molar-refractivity contribution in [2.75, 3.05) is 11.9 Å². The standard InChI is InChI=1S/C18H23N/c1-12-7-8-17(10-14(12)3)19(6)18-11-15(4)13(2)9-16(18)5/h7-11H,1-6H3. The molecule has 0 atom stereocenters. The molecule has 0 amide bonds. The minimum Gasteiger partial charge on any atom is -0.344 e. The van der Waals surface area contributed by atoms with Crippen LogP contribution in [0.3, 0.4) is 0 Å². The molecule has 0 N–H and O–H groups in total. The lowest BCUT2D eigenvalue weighted by Crippen LogP contribution is -2.11. The highest BCUT2D eigenvalue weighted by Crippen LogP contribution is 2.30. The number of anilines is 2. The van der Waals surface area contributed by atoms with Crippen molar-refractivity contribution in [1.82, 2.24) is 0 Å². The van der Waals surface area contributed by atoms with Crippen molar-refractivity contribution in [2.24, 2.45) is 0 Å². The van der Waals surface area contributed by atoms with Gasteiger partial charge in [0.15, 0.2) is 0 Å². The van der Waals surface area contributed by atoms with Crippen LogP contribution in [-0.4, -0.2) is 7.05 Å². The molecule has 0 bridgehead atoms. The quantitative estimate of drug-likeness (QED) is 0.728. The summed E-state index contributed by atoms with van der Waals surface area (Å²) < 4.78 is 0. The van der Waals surface area contributed by atoms with Crippen LogP contribution in [0, 0.1) is 34.6 Å². The predicted octanol–water partition coefficient (Wildman–Crippen LogP) is 5.00. The Labute approximate surface area is 116 Å². The Hall–Kier alpha value is -1.76. The molecule has 1 heteroatoms. The van der Waals surface area contributed by atoms with Crippen LogP contribution in [0.2, 0.25) is 0 Å². The Balaban J connectivity index is 2.46. The molecule has 0 heterocycles. The van der Waals surface area contributed by atoms with E-state index in [1.54, 1.807) is 0 Å². The second-order valence-electron chi connectivity index (χ2n) is 5.55. The summed E-state index contributed by atoms with van der Waals surface area (Å²) in [5.41, 5.74) is 9.23. The van der Waals surface area contributed by atoms with E-state index in [1.165, 1.54) is 39.2 Å². The van der Waals surface area contributed by atoms with Crippen molar-refractivity contribution >= 4 is 11.4 Å². The molecule has 2 aromatic carbocycles. The van der Waals surface area contributed by atoms with E-state index in [9.17, 15) is 0 Å². The van der Waals surface area contributed by atoms with Crippen LogP contribution in [0.1, 0.15) is 27.8 Å². The highest BCUT2D eigenvalue weighted by atomic mass is 15.1. The summed E-state index contributed by atoms with van der Waals surface area (Å²) in [6.07, 6.45) is 0. The molecular weight excluding hydrogens is 230 g/mol. The summed E-state index contributed by atoms with van der Waals surface area (Å²) in [7, 11) is 2.14. The van der Waals surface area contributed by atoms with Gasteiger partial charge in [-0.2, -0.15) is 0 Å².